The maximum atomic E-state index is 7.16. The van der Waals surface area contributed by atoms with Crippen molar-refractivity contribution in [1.82, 2.24) is 19.9 Å². The summed E-state index contributed by atoms with van der Waals surface area (Å²) < 4.78 is 7.16. The number of imidazole rings is 1. The van der Waals surface area contributed by atoms with Gasteiger partial charge in [0.05, 0.1) is 5.25 Å². The molecule has 3 heterocycles. The van der Waals surface area contributed by atoms with Crippen LogP contribution in [0.1, 0.15) is 44.7 Å². The van der Waals surface area contributed by atoms with Crippen LogP contribution in [0.25, 0.3) is 11.2 Å². The van der Waals surface area contributed by atoms with Gasteiger partial charge in [-0.1, -0.05) is 93.0 Å². The van der Waals surface area contributed by atoms with Crippen molar-refractivity contribution >= 4 is 53.2 Å². The van der Waals surface area contributed by atoms with Crippen LogP contribution in [0.4, 0.5) is 0 Å². The van der Waals surface area contributed by atoms with E-state index < -0.39 is 8.32 Å². The van der Waals surface area contributed by atoms with Gasteiger partial charge in [0.15, 0.2) is 10.8 Å². The van der Waals surface area contributed by atoms with Crippen LogP contribution in [-0.4, -0.2) is 40.1 Å². The molecule has 2 aromatic heterocycles. The molecule has 5 rings (SSSR count). The highest BCUT2D eigenvalue weighted by molar-refractivity contribution is 8.00. The average molecular weight is 509 g/mol. The summed E-state index contributed by atoms with van der Waals surface area (Å²) in [6, 6.07) is 21.7. The van der Waals surface area contributed by atoms with E-state index in [-0.39, 0.29) is 10.3 Å². The molecule has 0 bridgehead atoms. The Labute approximate surface area is 210 Å². The number of aromatic nitrogens is 4. The molecule has 34 heavy (non-hydrogen) atoms. The van der Waals surface area contributed by atoms with E-state index in [0.29, 0.717) is 21.6 Å². The molecule has 1 aliphatic rings. The van der Waals surface area contributed by atoms with Crippen molar-refractivity contribution in [1.29, 1.82) is 0 Å². The van der Waals surface area contributed by atoms with Crippen molar-refractivity contribution in [3.05, 3.63) is 78.0 Å². The molecule has 5 nitrogen and oxygen atoms in total. The van der Waals surface area contributed by atoms with Crippen molar-refractivity contribution in [2.45, 2.75) is 49.2 Å². The van der Waals surface area contributed by atoms with Crippen molar-refractivity contribution in [3.63, 3.8) is 0 Å². The number of halogens is 1. The molecule has 0 spiro atoms. The topological polar surface area (TPSA) is 63.7 Å². The molecule has 0 aliphatic carbocycles. The van der Waals surface area contributed by atoms with Crippen molar-refractivity contribution in [2.75, 3.05) is 6.61 Å². The fraction of sp³-hybridized carbons (Fsp3) is 0.346. The van der Waals surface area contributed by atoms with E-state index in [1.54, 1.807) is 0 Å². The van der Waals surface area contributed by atoms with E-state index in [1.165, 1.54) is 16.7 Å². The molecule has 1 aliphatic heterocycles. The summed E-state index contributed by atoms with van der Waals surface area (Å²) in [6.07, 6.45) is 3.59. The van der Waals surface area contributed by atoms with Gasteiger partial charge in [-0.3, -0.25) is 0 Å². The van der Waals surface area contributed by atoms with Gasteiger partial charge in [-0.05, 0) is 28.3 Å². The molecule has 0 radical (unpaired) electrons. The van der Waals surface area contributed by atoms with Gasteiger partial charge in [0.25, 0.3) is 8.32 Å². The molecule has 4 aromatic rings. The molecule has 1 saturated heterocycles. The molecule has 2 aromatic carbocycles. The Bertz CT molecular complexity index is 1220. The number of fused-ring (bicyclic) bond motifs is 1. The molecule has 176 valence electrons. The van der Waals surface area contributed by atoms with Crippen LogP contribution in [0.5, 0.6) is 0 Å². The minimum atomic E-state index is -2.52. The summed E-state index contributed by atoms with van der Waals surface area (Å²) in [5.74, 6) is 0.926. The van der Waals surface area contributed by atoms with Crippen molar-refractivity contribution in [2.24, 2.45) is 0 Å². The summed E-state index contributed by atoms with van der Waals surface area (Å²) >= 11 is 8.16. The minimum Gasteiger partial charge on any atom is -0.406 e. The quantitative estimate of drug-likeness (QED) is 0.274. The number of nitrogens with one attached hydrogen (secondary N) is 1. The second-order valence-corrected chi connectivity index (χ2v) is 16.0. The largest absolute Gasteiger partial charge is 0.406 e. The summed E-state index contributed by atoms with van der Waals surface area (Å²) in [5.41, 5.74) is 1.34. The van der Waals surface area contributed by atoms with E-state index >= 15 is 0 Å². The zero-order valence-corrected chi connectivity index (χ0v) is 22.2. The molecule has 0 saturated carbocycles. The van der Waals surface area contributed by atoms with Crippen molar-refractivity contribution in [3.8, 4) is 0 Å². The third-order valence-corrected chi connectivity index (χ3v) is 13.4. The summed E-state index contributed by atoms with van der Waals surface area (Å²) in [6.45, 7) is 7.68. The molecule has 0 amide bonds. The SMILES string of the molecule is CC(C)(C)[Si](OC[C@H]1CCC(c2nc3ncnc(Cl)c3[nH]2)S1)(c1ccccc1)c1ccccc1. The van der Waals surface area contributed by atoms with Gasteiger partial charge in [0.2, 0.25) is 0 Å². The zero-order chi connectivity index (χ0) is 23.8. The Morgan fingerprint density at radius 2 is 1.65 bits per heavy atom. The lowest BCUT2D eigenvalue weighted by Gasteiger charge is -2.43. The highest BCUT2D eigenvalue weighted by Gasteiger charge is 2.50. The van der Waals surface area contributed by atoms with Crippen molar-refractivity contribution < 1.29 is 4.43 Å². The van der Waals surface area contributed by atoms with Gasteiger partial charge in [-0.25, -0.2) is 15.0 Å². The van der Waals surface area contributed by atoms with E-state index in [4.69, 9.17) is 16.0 Å². The van der Waals surface area contributed by atoms with E-state index in [9.17, 15) is 0 Å². The predicted molar refractivity (Wildman–Crippen MR) is 144 cm³/mol. The Kier molecular flexibility index (Phi) is 6.55. The van der Waals surface area contributed by atoms with Crippen LogP contribution in [0.3, 0.4) is 0 Å². The van der Waals surface area contributed by atoms with Gasteiger partial charge in [0.1, 0.15) is 17.7 Å². The molecule has 1 N–H and O–H groups in total. The first-order chi connectivity index (χ1) is 16.4. The summed E-state index contributed by atoms with van der Waals surface area (Å²) in [7, 11) is -2.52. The fourth-order valence-corrected chi connectivity index (χ4v) is 11.3. The lowest BCUT2D eigenvalue weighted by molar-refractivity contribution is 0.295. The lowest BCUT2D eigenvalue weighted by Crippen LogP contribution is -2.67. The third kappa shape index (κ3) is 4.30. The zero-order valence-electron chi connectivity index (χ0n) is 19.7. The van der Waals surface area contributed by atoms with E-state index in [0.717, 1.165) is 25.3 Å². The number of nitrogens with zero attached hydrogens (tertiary/aromatic N) is 3. The summed E-state index contributed by atoms with van der Waals surface area (Å²) in [4.78, 5) is 16.4. The van der Waals surface area contributed by atoms with Gasteiger partial charge >= 0.3 is 0 Å². The highest BCUT2D eigenvalue weighted by atomic mass is 35.5. The van der Waals surface area contributed by atoms with Crippen LogP contribution in [0.2, 0.25) is 10.2 Å². The predicted octanol–water partition coefficient (Wildman–Crippen LogP) is 5.52. The number of aromatic amines is 1. The highest BCUT2D eigenvalue weighted by Crippen LogP contribution is 2.45. The maximum absolute atomic E-state index is 7.16. The minimum absolute atomic E-state index is 0.0213. The first-order valence-electron chi connectivity index (χ1n) is 11.6. The number of rotatable bonds is 6. The van der Waals surface area contributed by atoms with Crippen LogP contribution >= 0.6 is 23.4 Å². The number of hydrogen-bond acceptors (Lipinski definition) is 5. The van der Waals surface area contributed by atoms with Gasteiger partial charge in [-0.15, -0.1) is 11.8 Å². The van der Waals surface area contributed by atoms with Gasteiger partial charge < -0.3 is 9.41 Å². The standard InChI is InChI=1S/C26H29ClN4OSSi/c1-26(2,3)34(19-10-6-4-7-11-19,20-12-8-5-9-13-20)32-16-18-14-15-21(33-18)24-30-22-23(27)28-17-29-25(22)31-24/h4-13,17-18,21H,14-16H2,1-3H3,(H,28,29,30,31)/t18-,21?/m1/s1. The smallest absolute Gasteiger partial charge is 0.261 e. The average Bonchev–Trinajstić information content (AvgIpc) is 3.48. The molecule has 2 atom stereocenters. The Balaban J connectivity index is 1.40. The molecular weight excluding hydrogens is 480 g/mol. The van der Waals surface area contributed by atoms with Crippen LogP contribution in [0.15, 0.2) is 67.0 Å². The monoisotopic (exact) mass is 508 g/mol. The molecule has 8 heteroatoms. The second kappa shape index (κ2) is 9.45. The van der Waals surface area contributed by atoms with Crippen LogP contribution < -0.4 is 10.4 Å². The lowest BCUT2D eigenvalue weighted by atomic mass is 10.2. The Morgan fingerprint density at radius 1 is 1.00 bits per heavy atom. The number of hydrogen-bond donors (Lipinski definition) is 1. The third-order valence-electron chi connectivity index (χ3n) is 6.58. The second-order valence-electron chi connectivity index (χ2n) is 9.78. The number of benzene rings is 2. The first kappa shape index (κ1) is 23.5. The molecular formula is C26H29ClN4OSSi. The number of thioether (sulfide) groups is 1. The Hall–Kier alpha value is -2.19. The Morgan fingerprint density at radius 3 is 2.24 bits per heavy atom. The fourth-order valence-electron chi connectivity index (χ4n) is 4.98. The maximum Gasteiger partial charge on any atom is 0.261 e. The normalized spacial score (nSPS) is 19.1. The number of H-pyrrole nitrogens is 1. The molecule has 1 fully saturated rings. The van der Waals surface area contributed by atoms with Gasteiger partial charge in [0, 0.05) is 11.9 Å². The van der Waals surface area contributed by atoms with E-state index in [2.05, 4.69) is 101 Å². The summed E-state index contributed by atoms with van der Waals surface area (Å²) in [5, 5.41) is 3.71. The van der Waals surface area contributed by atoms with E-state index in [1.807, 2.05) is 11.8 Å². The molecule has 1 unspecified atom stereocenters. The first-order valence-corrected chi connectivity index (χ1v) is 14.9. The van der Waals surface area contributed by atoms with Crippen LogP contribution in [-0.2, 0) is 4.43 Å². The van der Waals surface area contributed by atoms with Gasteiger partial charge in [-0.2, -0.15) is 0 Å². The van der Waals surface area contributed by atoms with Crippen LogP contribution in [0, 0.1) is 0 Å².